The van der Waals surface area contributed by atoms with Crippen molar-refractivity contribution in [3.8, 4) is 47.4 Å². The van der Waals surface area contributed by atoms with E-state index < -0.39 is 0 Å². The van der Waals surface area contributed by atoms with E-state index in [9.17, 15) is 0 Å². The van der Waals surface area contributed by atoms with Gasteiger partial charge in [-0.2, -0.15) is 0 Å². The molecule has 0 aliphatic carbocycles. The monoisotopic (exact) mass is 334 g/mol. The Bertz CT molecular complexity index is 1090. The van der Waals surface area contributed by atoms with E-state index in [1.54, 1.807) is 27.7 Å². The van der Waals surface area contributed by atoms with E-state index in [-0.39, 0.29) is 0 Å². The summed E-state index contributed by atoms with van der Waals surface area (Å²) in [6, 6.07) is 3.69. The Kier molecular flexibility index (Phi) is 4.80. The van der Waals surface area contributed by atoms with E-state index >= 15 is 0 Å². The van der Waals surface area contributed by atoms with E-state index in [4.69, 9.17) is 0 Å². The molecular formula is C22H14N4. The summed E-state index contributed by atoms with van der Waals surface area (Å²) < 4.78 is 0. The number of hydrogen-bond donors (Lipinski definition) is 0. The molecule has 0 aliphatic heterocycles. The Morgan fingerprint density at radius 1 is 0.462 bits per heavy atom. The molecule has 0 saturated carbocycles. The first kappa shape index (κ1) is 17.0. The summed E-state index contributed by atoms with van der Waals surface area (Å²) in [6.07, 6.45) is 0. The molecule has 2 heterocycles. The molecule has 3 aromatic rings. The number of nitrogens with zero attached hydrogens (tertiary/aromatic N) is 4. The molecule has 0 amide bonds. The van der Waals surface area contributed by atoms with Crippen LogP contribution in [0.1, 0.15) is 50.5 Å². The Labute approximate surface area is 152 Å². The summed E-state index contributed by atoms with van der Waals surface area (Å²) in [7, 11) is 0. The van der Waals surface area contributed by atoms with Crippen molar-refractivity contribution in [1.29, 1.82) is 0 Å². The third-order valence-corrected chi connectivity index (χ3v) is 3.42. The van der Waals surface area contributed by atoms with Gasteiger partial charge in [-0.3, -0.25) is 0 Å². The van der Waals surface area contributed by atoms with Gasteiger partial charge in [-0.05, 0) is 63.5 Å². The smallest absolute Gasteiger partial charge is 0.148 e. The lowest BCUT2D eigenvalue weighted by molar-refractivity contribution is 1.20. The zero-order chi connectivity index (χ0) is 18.5. The lowest BCUT2D eigenvalue weighted by Gasteiger charge is -2.05. The van der Waals surface area contributed by atoms with Crippen LogP contribution in [-0.2, 0) is 0 Å². The maximum absolute atomic E-state index is 4.60. The van der Waals surface area contributed by atoms with Crippen molar-refractivity contribution in [3.05, 3.63) is 34.9 Å². The zero-order valence-corrected chi connectivity index (χ0v) is 14.9. The average Bonchev–Trinajstić information content (AvgIpc) is 2.62. The van der Waals surface area contributed by atoms with Gasteiger partial charge in [-0.15, -0.1) is 0 Å². The summed E-state index contributed by atoms with van der Waals surface area (Å²) in [6.45, 7) is 7.03. The highest BCUT2D eigenvalue weighted by Gasteiger charge is 2.10. The molecule has 0 spiro atoms. The highest BCUT2D eigenvalue weighted by atomic mass is 14.9. The van der Waals surface area contributed by atoms with E-state index in [1.807, 2.05) is 12.1 Å². The molecule has 3 rings (SSSR count). The normalized spacial score (nSPS) is 9.08. The second-order valence-electron chi connectivity index (χ2n) is 5.17. The molecule has 0 saturated heterocycles. The Morgan fingerprint density at radius 3 is 0.885 bits per heavy atom. The molecule has 0 unspecified atom stereocenters. The van der Waals surface area contributed by atoms with Crippen LogP contribution in [0, 0.1) is 47.4 Å². The van der Waals surface area contributed by atoms with Gasteiger partial charge in [0.25, 0.3) is 0 Å². The first-order valence-corrected chi connectivity index (χ1v) is 7.94. The fraction of sp³-hybridized carbons (Fsp3) is 0.182. The minimum absolute atomic E-state index is 0.559. The van der Waals surface area contributed by atoms with Crippen LogP contribution >= 0.6 is 0 Å². The lowest BCUT2D eigenvalue weighted by atomic mass is 10.2. The largest absolute Gasteiger partial charge is 0.235 e. The Morgan fingerprint density at radius 2 is 0.692 bits per heavy atom. The molecule has 0 aliphatic rings. The van der Waals surface area contributed by atoms with Crippen LogP contribution in [0.25, 0.3) is 22.1 Å². The number of fused-ring (bicyclic) bond motifs is 2. The number of hydrogen-bond acceptors (Lipinski definition) is 4. The fourth-order valence-corrected chi connectivity index (χ4v) is 2.43. The van der Waals surface area contributed by atoms with Crippen molar-refractivity contribution in [2.24, 2.45) is 0 Å². The molecular weight excluding hydrogens is 320 g/mol. The van der Waals surface area contributed by atoms with Crippen LogP contribution in [0.15, 0.2) is 12.1 Å². The third-order valence-electron chi connectivity index (χ3n) is 3.42. The standard InChI is InChI=1S/C22H14N4/c1-5-9-15-16(10-6-2)24-20-14-22-21(13-19(20)23-15)25-17(11-7-3)18(26-22)12-8-4/h13-14H,1-4H3. The molecule has 0 radical (unpaired) electrons. The molecule has 0 bridgehead atoms. The van der Waals surface area contributed by atoms with Gasteiger partial charge in [-0.1, -0.05) is 23.7 Å². The SMILES string of the molecule is CC#Cc1nc2cc3nc(C#CC)c(C#CC)nc3cc2nc1C#CC. The molecule has 1 aromatic carbocycles. The molecule has 26 heavy (non-hydrogen) atoms. The van der Waals surface area contributed by atoms with Gasteiger partial charge in [-0.25, -0.2) is 19.9 Å². The van der Waals surface area contributed by atoms with Crippen molar-refractivity contribution in [3.63, 3.8) is 0 Å². The maximum Gasteiger partial charge on any atom is 0.148 e. The first-order valence-electron chi connectivity index (χ1n) is 7.94. The first-order chi connectivity index (χ1) is 12.7. The summed E-state index contributed by atoms with van der Waals surface area (Å²) >= 11 is 0. The molecule has 0 N–H and O–H groups in total. The predicted molar refractivity (Wildman–Crippen MR) is 103 cm³/mol. The van der Waals surface area contributed by atoms with Crippen LogP contribution in [0.3, 0.4) is 0 Å². The second kappa shape index (κ2) is 7.36. The summed E-state index contributed by atoms with van der Waals surface area (Å²) in [5, 5.41) is 0. The summed E-state index contributed by atoms with van der Waals surface area (Å²) in [4.78, 5) is 18.4. The molecule has 122 valence electrons. The predicted octanol–water partition coefficient (Wildman–Crippen LogP) is 3.06. The third kappa shape index (κ3) is 3.18. The fourth-order valence-electron chi connectivity index (χ4n) is 2.43. The van der Waals surface area contributed by atoms with E-state index in [2.05, 4.69) is 67.3 Å². The molecule has 4 heteroatoms. The van der Waals surface area contributed by atoms with Crippen molar-refractivity contribution < 1.29 is 0 Å². The van der Waals surface area contributed by atoms with Gasteiger partial charge in [0.15, 0.2) is 0 Å². The second-order valence-corrected chi connectivity index (χ2v) is 5.17. The molecule has 0 atom stereocenters. The molecule has 0 fully saturated rings. The topological polar surface area (TPSA) is 51.6 Å². The summed E-state index contributed by atoms with van der Waals surface area (Å²) in [5.41, 5.74) is 5.00. The lowest BCUT2D eigenvalue weighted by Crippen LogP contribution is -1.99. The Balaban J connectivity index is 2.37. The zero-order valence-electron chi connectivity index (χ0n) is 14.9. The van der Waals surface area contributed by atoms with Crippen LogP contribution in [0.4, 0.5) is 0 Å². The minimum Gasteiger partial charge on any atom is -0.235 e. The quantitative estimate of drug-likeness (QED) is 0.468. The van der Waals surface area contributed by atoms with Gasteiger partial charge >= 0.3 is 0 Å². The number of rotatable bonds is 0. The van der Waals surface area contributed by atoms with Gasteiger partial charge < -0.3 is 0 Å². The molecule has 2 aromatic heterocycles. The van der Waals surface area contributed by atoms with Crippen molar-refractivity contribution in [1.82, 2.24) is 19.9 Å². The van der Waals surface area contributed by atoms with Crippen LogP contribution < -0.4 is 0 Å². The van der Waals surface area contributed by atoms with Gasteiger partial charge in [0.1, 0.15) is 22.8 Å². The highest BCUT2D eigenvalue weighted by Crippen LogP contribution is 2.20. The minimum atomic E-state index is 0.559. The Hall–Kier alpha value is -3.86. The van der Waals surface area contributed by atoms with Crippen LogP contribution in [0.2, 0.25) is 0 Å². The summed E-state index contributed by atoms with van der Waals surface area (Å²) in [5.74, 6) is 23.2. The van der Waals surface area contributed by atoms with Crippen molar-refractivity contribution in [2.45, 2.75) is 27.7 Å². The van der Waals surface area contributed by atoms with E-state index in [0.717, 1.165) is 0 Å². The van der Waals surface area contributed by atoms with Gasteiger partial charge in [0.05, 0.1) is 22.1 Å². The van der Waals surface area contributed by atoms with E-state index in [1.165, 1.54) is 0 Å². The van der Waals surface area contributed by atoms with Crippen LogP contribution in [0.5, 0.6) is 0 Å². The average molecular weight is 334 g/mol. The van der Waals surface area contributed by atoms with Crippen LogP contribution in [-0.4, -0.2) is 19.9 Å². The van der Waals surface area contributed by atoms with E-state index in [0.29, 0.717) is 44.8 Å². The van der Waals surface area contributed by atoms with Gasteiger partial charge in [0.2, 0.25) is 0 Å². The van der Waals surface area contributed by atoms with Crippen molar-refractivity contribution in [2.75, 3.05) is 0 Å². The van der Waals surface area contributed by atoms with Gasteiger partial charge in [0, 0.05) is 0 Å². The van der Waals surface area contributed by atoms with Crippen molar-refractivity contribution >= 4 is 22.1 Å². The molecule has 4 nitrogen and oxygen atoms in total. The number of benzene rings is 1. The maximum atomic E-state index is 4.60. The number of aromatic nitrogens is 4. The highest BCUT2D eigenvalue weighted by molar-refractivity contribution is 5.91.